The third-order valence-electron chi connectivity index (χ3n) is 2.90. The number of para-hydroxylation sites is 1. The van der Waals surface area contributed by atoms with Gasteiger partial charge >= 0.3 is 5.97 Å². The molecule has 0 aliphatic heterocycles. The van der Waals surface area contributed by atoms with Gasteiger partial charge in [-0.3, -0.25) is 0 Å². The van der Waals surface area contributed by atoms with Crippen molar-refractivity contribution in [3.05, 3.63) is 59.1 Å². The third kappa shape index (κ3) is 4.95. The van der Waals surface area contributed by atoms with Gasteiger partial charge in [-0.15, -0.1) is 0 Å². The normalized spacial score (nSPS) is 11.2. The van der Waals surface area contributed by atoms with Gasteiger partial charge in [0.05, 0.1) is 4.90 Å². The van der Waals surface area contributed by atoms with E-state index in [0.29, 0.717) is 16.3 Å². The SMILES string of the molecule is O=C(O)COc1ccccc1CNS(=O)(=O)c1ccc(Cl)cc1. The molecule has 6 nitrogen and oxygen atoms in total. The first kappa shape index (κ1) is 17.3. The monoisotopic (exact) mass is 355 g/mol. The van der Waals surface area contributed by atoms with Crippen LogP contribution < -0.4 is 9.46 Å². The fourth-order valence-electron chi connectivity index (χ4n) is 1.80. The van der Waals surface area contributed by atoms with Gasteiger partial charge in [-0.2, -0.15) is 0 Å². The molecule has 0 aliphatic rings. The summed E-state index contributed by atoms with van der Waals surface area (Å²) in [6, 6.07) is 12.4. The zero-order valence-electron chi connectivity index (χ0n) is 11.9. The van der Waals surface area contributed by atoms with E-state index in [1.807, 2.05) is 0 Å². The summed E-state index contributed by atoms with van der Waals surface area (Å²) in [7, 11) is -3.70. The number of ether oxygens (including phenoxy) is 1. The first-order valence-corrected chi connectivity index (χ1v) is 8.42. The molecular weight excluding hydrogens is 342 g/mol. The molecule has 0 bridgehead atoms. The predicted molar refractivity (Wildman–Crippen MR) is 85.1 cm³/mol. The summed E-state index contributed by atoms with van der Waals surface area (Å²) in [6.45, 7) is -0.526. The van der Waals surface area contributed by atoms with E-state index in [0.717, 1.165) is 0 Å². The van der Waals surface area contributed by atoms with Crippen molar-refractivity contribution in [2.45, 2.75) is 11.4 Å². The number of hydrogen-bond donors (Lipinski definition) is 2. The smallest absolute Gasteiger partial charge is 0.341 e. The van der Waals surface area contributed by atoms with Crippen LogP contribution in [0.15, 0.2) is 53.4 Å². The topological polar surface area (TPSA) is 92.7 Å². The molecule has 0 spiro atoms. The molecule has 2 rings (SSSR count). The second-order valence-corrected chi connectivity index (χ2v) is 6.77. The fraction of sp³-hybridized carbons (Fsp3) is 0.133. The Hall–Kier alpha value is -2.09. The average Bonchev–Trinajstić information content (AvgIpc) is 2.52. The van der Waals surface area contributed by atoms with E-state index in [4.69, 9.17) is 21.4 Å². The number of nitrogens with one attached hydrogen (secondary N) is 1. The van der Waals surface area contributed by atoms with E-state index in [9.17, 15) is 13.2 Å². The Morgan fingerprint density at radius 1 is 1.13 bits per heavy atom. The van der Waals surface area contributed by atoms with Crippen LogP contribution in [0.4, 0.5) is 0 Å². The van der Waals surface area contributed by atoms with Crippen LogP contribution in [0.2, 0.25) is 5.02 Å². The minimum Gasteiger partial charge on any atom is -0.482 e. The standard InChI is InChI=1S/C15H14ClNO5S/c16-12-5-7-13(8-6-12)23(20,21)17-9-11-3-1-2-4-14(11)22-10-15(18)19/h1-8,17H,9-10H2,(H,18,19). The molecule has 2 N–H and O–H groups in total. The second-order valence-electron chi connectivity index (χ2n) is 4.57. The molecule has 8 heteroatoms. The lowest BCUT2D eigenvalue weighted by molar-refractivity contribution is -0.139. The molecule has 0 fully saturated rings. The second kappa shape index (κ2) is 7.45. The third-order valence-corrected chi connectivity index (χ3v) is 4.57. The van der Waals surface area contributed by atoms with Gasteiger partial charge in [0.15, 0.2) is 6.61 Å². The van der Waals surface area contributed by atoms with Gasteiger partial charge in [0.1, 0.15) is 5.75 Å². The molecule has 2 aromatic rings. The average molecular weight is 356 g/mol. The zero-order chi connectivity index (χ0) is 16.9. The molecule has 0 amide bonds. The van der Waals surface area contributed by atoms with Crippen LogP contribution in [0.3, 0.4) is 0 Å². The summed E-state index contributed by atoms with van der Waals surface area (Å²) >= 11 is 5.74. The summed E-state index contributed by atoms with van der Waals surface area (Å²) < 4.78 is 32.0. The predicted octanol–water partition coefficient (Wildman–Crippen LogP) is 2.28. The Bertz CT molecular complexity index is 790. The number of carbonyl (C=O) groups is 1. The van der Waals surface area contributed by atoms with E-state index in [2.05, 4.69) is 4.72 Å². The summed E-state index contributed by atoms with van der Waals surface area (Å²) in [6.07, 6.45) is 0. The number of carboxylic acid groups (broad SMARTS) is 1. The van der Waals surface area contributed by atoms with Crippen molar-refractivity contribution >= 4 is 27.6 Å². The summed E-state index contributed by atoms with van der Waals surface area (Å²) in [5, 5.41) is 9.09. The van der Waals surface area contributed by atoms with Crippen molar-refractivity contribution in [2.24, 2.45) is 0 Å². The number of carboxylic acids is 1. The minimum atomic E-state index is -3.70. The first-order chi connectivity index (χ1) is 10.9. The molecule has 23 heavy (non-hydrogen) atoms. The summed E-state index contributed by atoms with van der Waals surface area (Å²) in [5.74, 6) is -0.796. The van der Waals surface area contributed by atoms with Crippen molar-refractivity contribution in [3.63, 3.8) is 0 Å². The maximum absolute atomic E-state index is 12.2. The lowest BCUT2D eigenvalue weighted by Gasteiger charge is -2.11. The highest BCUT2D eigenvalue weighted by Crippen LogP contribution is 2.19. The molecule has 0 aliphatic carbocycles. The van der Waals surface area contributed by atoms with Crippen LogP contribution in [0.25, 0.3) is 0 Å². The highest BCUT2D eigenvalue weighted by molar-refractivity contribution is 7.89. The van der Waals surface area contributed by atoms with Crippen LogP contribution in [0.1, 0.15) is 5.56 Å². The number of rotatable bonds is 7. The maximum atomic E-state index is 12.2. The Balaban J connectivity index is 2.11. The highest BCUT2D eigenvalue weighted by Gasteiger charge is 2.15. The van der Waals surface area contributed by atoms with Crippen LogP contribution in [0, 0.1) is 0 Å². The van der Waals surface area contributed by atoms with Crippen molar-refractivity contribution in [1.29, 1.82) is 0 Å². The van der Waals surface area contributed by atoms with E-state index in [-0.39, 0.29) is 11.4 Å². The summed E-state index contributed by atoms with van der Waals surface area (Å²) in [4.78, 5) is 10.7. The minimum absolute atomic E-state index is 0.0270. The fourth-order valence-corrected chi connectivity index (χ4v) is 2.93. The molecule has 0 unspecified atom stereocenters. The van der Waals surface area contributed by atoms with Gasteiger partial charge in [0, 0.05) is 17.1 Å². The van der Waals surface area contributed by atoms with Gasteiger partial charge in [-0.25, -0.2) is 17.9 Å². The maximum Gasteiger partial charge on any atom is 0.341 e. The van der Waals surface area contributed by atoms with E-state index in [1.165, 1.54) is 24.3 Å². The Morgan fingerprint density at radius 2 is 1.78 bits per heavy atom. The van der Waals surface area contributed by atoms with E-state index < -0.39 is 22.6 Å². The molecule has 0 radical (unpaired) electrons. The van der Waals surface area contributed by atoms with Crippen LogP contribution in [-0.4, -0.2) is 26.1 Å². The Kier molecular flexibility index (Phi) is 5.59. The quantitative estimate of drug-likeness (QED) is 0.794. The number of halogens is 1. The van der Waals surface area contributed by atoms with E-state index >= 15 is 0 Å². The van der Waals surface area contributed by atoms with Crippen molar-refractivity contribution < 1.29 is 23.1 Å². The Labute approximate surface area is 138 Å². The van der Waals surface area contributed by atoms with Gasteiger partial charge < -0.3 is 9.84 Å². The van der Waals surface area contributed by atoms with Gasteiger partial charge in [0.2, 0.25) is 10.0 Å². The zero-order valence-corrected chi connectivity index (χ0v) is 13.5. The molecular formula is C15H14ClNO5S. The number of aliphatic carboxylic acids is 1. The van der Waals surface area contributed by atoms with Crippen molar-refractivity contribution in [1.82, 2.24) is 4.72 Å². The number of sulfonamides is 1. The lowest BCUT2D eigenvalue weighted by Crippen LogP contribution is -2.23. The lowest BCUT2D eigenvalue weighted by atomic mass is 10.2. The molecule has 0 saturated carbocycles. The van der Waals surface area contributed by atoms with E-state index in [1.54, 1.807) is 24.3 Å². The molecule has 2 aromatic carbocycles. The molecule has 122 valence electrons. The Morgan fingerprint density at radius 3 is 2.43 bits per heavy atom. The van der Waals surface area contributed by atoms with Crippen LogP contribution in [0.5, 0.6) is 5.75 Å². The highest BCUT2D eigenvalue weighted by atomic mass is 35.5. The van der Waals surface area contributed by atoms with Crippen LogP contribution >= 0.6 is 11.6 Å². The number of hydrogen-bond acceptors (Lipinski definition) is 4. The van der Waals surface area contributed by atoms with Gasteiger partial charge in [-0.1, -0.05) is 29.8 Å². The molecule has 0 heterocycles. The largest absolute Gasteiger partial charge is 0.482 e. The molecule has 0 saturated heterocycles. The van der Waals surface area contributed by atoms with Crippen molar-refractivity contribution in [3.8, 4) is 5.75 Å². The first-order valence-electron chi connectivity index (χ1n) is 6.56. The number of benzene rings is 2. The van der Waals surface area contributed by atoms with Crippen LogP contribution in [-0.2, 0) is 21.4 Å². The molecule has 0 atom stereocenters. The van der Waals surface area contributed by atoms with Crippen molar-refractivity contribution in [2.75, 3.05) is 6.61 Å². The van der Waals surface area contributed by atoms with Gasteiger partial charge in [0.25, 0.3) is 0 Å². The summed E-state index contributed by atoms with van der Waals surface area (Å²) in [5.41, 5.74) is 0.534. The van der Waals surface area contributed by atoms with Gasteiger partial charge in [-0.05, 0) is 30.3 Å². The molecule has 0 aromatic heterocycles.